The molecular weight excluding hydrogens is 290 g/mol. The van der Waals surface area contributed by atoms with Gasteiger partial charge in [0.25, 0.3) is 0 Å². The standard InChI is InChI=1S/C15H21NO6/c1-9(18)16(7-10-5-3-2-4-6-10)15-14(21)13(20)12(19)11(8-17)22-15/h2-6,11-15,17,19-21H,7-8H2,1H3/t11-,12-,13+,14-,15-/m1/s1. The predicted octanol–water partition coefficient (Wildman–Crippen LogP) is -1.17. The van der Waals surface area contributed by atoms with Crippen molar-refractivity contribution in [3.8, 4) is 0 Å². The molecule has 0 spiro atoms. The maximum absolute atomic E-state index is 11.9. The van der Waals surface area contributed by atoms with Crippen molar-refractivity contribution < 1.29 is 30.0 Å². The van der Waals surface area contributed by atoms with E-state index in [2.05, 4.69) is 0 Å². The molecule has 7 heteroatoms. The highest BCUT2D eigenvalue weighted by Crippen LogP contribution is 2.25. The quantitative estimate of drug-likeness (QED) is 0.558. The van der Waals surface area contributed by atoms with E-state index in [4.69, 9.17) is 4.74 Å². The lowest BCUT2D eigenvalue weighted by Crippen LogP contribution is -2.63. The first-order valence-electron chi connectivity index (χ1n) is 7.07. The van der Waals surface area contributed by atoms with Crippen LogP contribution in [-0.2, 0) is 16.1 Å². The van der Waals surface area contributed by atoms with Gasteiger partial charge in [0, 0.05) is 13.5 Å². The summed E-state index contributed by atoms with van der Waals surface area (Å²) < 4.78 is 5.42. The van der Waals surface area contributed by atoms with Crippen LogP contribution in [0.5, 0.6) is 0 Å². The Hall–Kier alpha value is -1.51. The van der Waals surface area contributed by atoms with Crippen LogP contribution < -0.4 is 0 Å². The van der Waals surface area contributed by atoms with Gasteiger partial charge in [0.05, 0.1) is 6.61 Å². The lowest BCUT2D eigenvalue weighted by Gasteiger charge is -2.44. The Bertz CT molecular complexity index is 494. The molecule has 0 aliphatic carbocycles. The van der Waals surface area contributed by atoms with E-state index in [0.717, 1.165) is 5.56 Å². The number of carbonyl (C=O) groups is 1. The van der Waals surface area contributed by atoms with E-state index in [9.17, 15) is 25.2 Å². The number of hydrogen-bond donors (Lipinski definition) is 4. The number of amides is 1. The van der Waals surface area contributed by atoms with E-state index < -0.39 is 37.3 Å². The summed E-state index contributed by atoms with van der Waals surface area (Å²) in [7, 11) is 0. The van der Waals surface area contributed by atoms with Gasteiger partial charge < -0.3 is 30.1 Å². The van der Waals surface area contributed by atoms with Crippen LogP contribution >= 0.6 is 0 Å². The van der Waals surface area contributed by atoms with Gasteiger partial charge in [-0.3, -0.25) is 4.79 Å². The fourth-order valence-electron chi connectivity index (χ4n) is 2.50. The third-order valence-electron chi connectivity index (χ3n) is 3.77. The van der Waals surface area contributed by atoms with E-state index >= 15 is 0 Å². The summed E-state index contributed by atoms with van der Waals surface area (Å²) in [4.78, 5) is 13.2. The van der Waals surface area contributed by atoms with Crippen LogP contribution in [0.3, 0.4) is 0 Å². The van der Waals surface area contributed by atoms with E-state index in [-0.39, 0.29) is 12.5 Å². The van der Waals surface area contributed by atoms with Crippen molar-refractivity contribution in [1.29, 1.82) is 0 Å². The molecule has 0 unspecified atom stereocenters. The summed E-state index contributed by atoms with van der Waals surface area (Å²) in [6.07, 6.45) is -6.60. The van der Waals surface area contributed by atoms with Gasteiger partial charge in [-0.1, -0.05) is 30.3 Å². The monoisotopic (exact) mass is 311 g/mol. The molecule has 1 heterocycles. The number of benzene rings is 1. The molecule has 1 fully saturated rings. The average molecular weight is 311 g/mol. The first-order valence-corrected chi connectivity index (χ1v) is 7.07. The lowest BCUT2D eigenvalue weighted by atomic mass is 9.97. The van der Waals surface area contributed by atoms with Gasteiger partial charge >= 0.3 is 0 Å². The van der Waals surface area contributed by atoms with E-state index in [1.165, 1.54) is 11.8 Å². The molecule has 2 rings (SSSR count). The summed E-state index contributed by atoms with van der Waals surface area (Å²) >= 11 is 0. The SMILES string of the molecule is CC(=O)N(Cc1ccccc1)[C@@H]1O[C@H](CO)[C@@H](O)[C@H](O)[C@H]1O. The lowest BCUT2D eigenvalue weighted by molar-refractivity contribution is -0.263. The maximum atomic E-state index is 11.9. The first-order chi connectivity index (χ1) is 10.5. The minimum atomic E-state index is -1.51. The molecule has 0 bridgehead atoms. The van der Waals surface area contributed by atoms with Crippen molar-refractivity contribution in [3.05, 3.63) is 35.9 Å². The number of aliphatic hydroxyl groups excluding tert-OH is 4. The third-order valence-corrected chi connectivity index (χ3v) is 3.77. The number of aliphatic hydroxyl groups is 4. The maximum Gasteiger partial charge on any atom is 0.221 e. The van der Waals surface area contributed by atoms with Crippen molar-refractivity contribution in [3.63, 3.8) is 0 Å². The number of carbonyl (C=O) groups excluding carboxylic acids is 1. The van der Waals surface area contributed by atoms with Crippen LogP contribution in [0.4, 0.5) is 0 Å². The number of nitrogens with zero attached hydrogens (tertiary/aromatic N) is 1. The molecule has 1 amide bonds. The molecule has 1 saturated heterocycles. The fourth-order valence-corrected chi connectivity index (χ4v) is 2.50. The summed E-state index contributed by atoms with van der Waals surface area (Å²) in [6, 6.07) is 9.12. The molecule has 1 aromatic carbocycles. The van der Waals surface area contributed by atoms with Gasteiger partial charge in [-0.05, 0) is 5.56 Å². The van der Waals surface area contributed by atoms with Crippen LogP contribution in [0.25, 0.3) is 0 Å². The highest BCUT2D eigenvalue weighted by Gasteiger charge is 2.46. The Morgan fingerprint density at radius 3 is 2.32 bits per heavy atom. The highest BCUT2D eigenvalue weighted by atomic mass is 16.6. The molecule has 1 aromatic rings. The van der Waals surface area contributed by atoms with E-state index in [1.54, 1.807) is 0 Å². The van der Waals surface area contributed by atoms with Crippen molar-refractivity contribution in [2.24, 2.45) is 0 Å². The van der Waals surface area contributed by atoms with Crippen LogP contribution in [0, 0.1) is 0 Å². The minimum Gasteiger partial charge on any atom is -0.394 e. The number of ether oxygens (including phenoxy) is 1. The average Bonchev–Trinajstić information content (AvgIpc) is 2.52. The molecule has 7 nitrogen and oxygen atoms in total. The Kier molecular flexibility index (Phi) is 5.49. The summed E-state index contributed by atoms with van der Waals surface area (Å²) in [6.45, 7) is 0.974. The summed E-state index contributed by atoms with van der Waals surface area (Å²) in [5.41, 5.74) is 0.828. The smallest absolute Gasteiger partial charge is 0.221 e. The van der Waals surface area contributed by atoms with Gasteiger partial charge in [0.2, 0.25) is 5.91 Å². The molecule has 0 saturated carbocycles. The third kappa shape index (κ3) is 3.45. The zero-order chi connectivity index (χ0) is 16.3. The molecule has 1 aliphatic rings. The van der Waals surface area contributed by atoms with Gasteiger partial charge in [-0.25, -0.2) is 0 Å². The molecular formula is C15H21NO6. The Morgan fingerprint density at radius 1 is 1.14 bits per heavy atom. The molecule has 0 aromatic heterocycles. The molecule has 1 aliphatic heterocycles. The highest BCUT2D eigenvalue weighted by molar-refractivity contribution is 5.73. The molecule has 5 atom stereocenters. The van der Waals surface area contributed by atoms with Crippen molar-refractivity contribution >= 4 is 5.91 Å². The van der Waals surface area contributed by atoms with Gasteiger partial charge in [0.1, 0.15) is 24.4 Å². The molecule has 122 valence electrons. The second-order valence-corrected chi connectivity index (χ2v) is 5.35. The van der Waals surface area contributed by atoms with E-state index in [1.807, 2.05) is 30.3 Å². The minimum absolute atomic E-state index is 0.179. The van der Waals surface area contributed by atoms with Crippen LogP contribution in [-0.4, -0.2) is 68.5 Å². The Labute approximate surface area is 128 Å². The second-order valence-electron chi connectivity index (χ2n) is 5.35. The number of rotatable bonds is 4. The molecule has 4 N–H and O–H groups in total. The molecule has 22 heavy (non-hydrogen) atoms. The molecule has 0 radical (unpaired) electrons. The van der Waals surface area contributed by atoms with Crippen LogP contribution in [0.15, 0.2) is 30.3 Å². The topological polar surface area (TPSA) is 110 Å². The fraction of sp³-hybridized carbons (Fsp3) is 0.533. The normalized spacial score (nSPS) is 31.8. The first kappa shape index (κ1) is 16.9. The van der Waals surface area contributed by atoms with Crippen molar-refractivity contribution in [2.45, 2.75) is 44.1 Å². The van der Waals surface area contributed by atoms with Gasteiger partial charge in [-0.15, -0.1) is 0 Å². The van der Waals surface area contributed by atoms with Gasteiger partial charge in [-0.2, -0.15) is 0 Å². The second kappa shape index (κ2) is 7.17. The summed E-state index contributed by atoms with van der Waals surface area (Å²) in [5, 5.41) is 38.9. The summed E-state index contributed by atoms with van der Waals surface area (Å²) in [5.74, 6) is -0.354. The number of hydrogen-bond acceptors (Lipinski definition) is 6. The van der Waals surface area contributed by atoms with E-state index in [0.29, 0.717) is 0 Å². The largest absolute Gasteiger partial charge is 0.394 e. The van der Waals surface area contributed by atoms with Crippen LogP contribution in [0.1, 0.15) is 12.5 Å². The van der Waals surface area contributed by atoms with Crippen molar-refractivity contribution in [1.82, 2.24) is 4.90 Å². The van der Waals surface area contributed by atoms with Crippen LogP contribution in [0.2, 0.25) is 0 Å². The van der Waals surface area contributed by atoms with Crippen molar-refractivity contribution in [2.75, 3.05) is 6.61 Å². The predicted molar refractivity (Wildman–Crippen MR) is 76.4 cm³/mol. The Morgan fingerprint density at radius 2 is 1.77 bits per heavy atom. The zero-order valence-corrected chi connectivity index (χ0v) is 12.2. The Balaban J connectivity index is 2.21. The van der Waals surface area contributed by atoms with Gasteiger partial charge in [0.15, 0.2) is 6.23 Å². The zero-order valence-electron chi connectivity index (χ0n) is 12.2.